The number of hydrogen-bond acceptors (Lipinski definition) is 4. The molecule has 0 bridgehead atoms. The zero-order valence-electron chi connectivity index (χ0n) is 13.4. The molecule has 0 saturated carbocycles. The lowest BCUT2D eigenvalue weighted by Crippen LogP contribution is -2.34. The van der Waals surface area contributed by atoms with Gasteiger partial charge in [0, 0.05) is 18.1 Å². The van der Waals surface area contributed by atoms with Gasteiger partial charge in [0.05, 0.1) is 5.69 Å². The van der Waals surface area contributed by atoms with Crippen molar-refractivity contribution in [3.8, 4) is 0 Å². The molecule has 126 valence electrons. The van der Waals surface area contributed by atoms with E-state index in [1.165, 1.54) is 19.2 Å². The summed E-state index contributed by atoms with van der Waals surface area (Å²) in [6.45, 7) is 3.46. The summed E-state index contributed by atoms with van der Waals surface area (Å²) in [6.07, 6.45) is 3.69. The van der Waals surface area contributed by atoms with Crippen LogP contribution in [0.2, 0.25) is 0 Å². The number of benzene rings is 1. The Balaban J connectivity index is 3.22. The zero-order valence-corrected chi connectivity index (χ0v) is 14.9. The maximum atomic E-state index is 14.0. The molecule has 5 nitrogen and oxygen atoms in total. The van der Waals surface area contributed by atoms with Crippen molar-refractivity contribution in [2.75, 3.05) is 19.0 Å². The highest BCUT2D eigenvalue weighted by Gasteiger charge is 2.18. The number of hydrogen-bond donors (Lipinski definition) is 3. The molecule has 0 aromatic heterocycles. The Morgan fingerprint density at radius 1 is 1.52 bits per heavy atom. The molecule has 0 unspecified atom stereocenters. The molecule has 0 fully saturated rings. The van der Waals surface area contributed by atoms with E-state index in [9.17, 15) is 9.18 Å². The minimum atomic E-state index is -0.551. The monoisotopic (exact) mass is 385 g/mol. The van der Waals surface area contributed by atoms with Gasteiger partial charge in [-0.05, 0) is 43.5 Å². The van der Waals surface area contributed by atoms with Crippen molar-refractivity contribution in [1.29, 1.82) is 0 Å². The van der Waals surface area contributed by atoms with E-state index in [4.69, 9.17) is 10.9 Å². The molecule has 0 saturated heterocycles. The number of rotatable bonds is 6. The zero-order chi connectivity index (χ0) is 17.6. The number of carbonyl (C=O) groups excluding carboxylic acids is 1. The number of aliphatic hydroxyl groups excluding tert-OH is 1. The summed E-state index contributed by atoms with van der Waals surface area (Å²) in [4.78, 5) is 12.5. The predicted molar refractivity (Wildman–Crippen MR) is 93.0 cm³/mol. The third-order valence-corrected chi connectivity index (χ3v) is 3.97. The molecule has 1 rings (SSSR count). The molecule has 1 aromatic carbocycles. The van der Waals surface area contributed by atoms with Gasteiger partial charge in [-0.3, -0.25) is 4.79 Å². The van der Waals surface area contributed by atoms with Gasteiger partial charge in [0.2, 0.25) is 0 Å². The molecule has 1 amide bonds. The van der Waals surface area contributed by atoms with E-state index in [1.807, 2.05) is 0 Å². The maximum absolute atomic E-state index is 14.0. The number of carbonyl (C=O) groups is 1. The van der Waals surface area contributed by atoms with Crippen molar-refractivity contribution in [2.45, 2.75) is 20.3 Å². The summed E-state index contributed by atoms with van der Waals surface area (Å²) in [7, 11) is 1.51. The summed E-state index contributed by atoms with van der Waals surface area (Å²) in [5, 5.41) is 12.8. The van der Waals surface area contributed by atoms with Crippen LogP contribution in [-0.4, -0.2) is 29.7 Å². The number of anilines is 1. The highest BCUT2D eigenvalue weighted by atomic mass is 79.9. The molecular weight excluding hydrogens is 365 g/mol. The Morgan fingerprint density at radius 2 is 2.17 bits per heavy atom. The average molecular weight is 386 g/mol. The summed E-state index contributed by atoms with van der Waals surface area (Å²) in [5.41, 5.74) is 1.58. The van der Waals surface area contributed by atoms with Crippen molar-refractivity contribution in [3.05, 3.63) is 51.4 Å². The smallest absolute Gasteiger partial charge is 0.273 e. The molecular formula is C16H21BrFN3O2. The number of aliphatic hydroxyl groups is 1. The van der Waals surface area contributed by atoms with E-state index in [-0.39, 0.29) is 24.4 Å². The fourth-order valence-corrected chi connectivity index (χ4v) is 2.38. The van der Waals surface area contributed by atoms with Crippen LogP contribution in [0.15, 0.2) is 40.0 Å². The Bertz CT molecular complexity index is 642. The Hall–Kier alpha value is -1.70. The second-order valence-electron chi connectivity index (χ2n) is 4.99. The van der Waals surface area contributed by atoms with Crippen LogP contribution in [0.1, 0.15) is 18.9 Å². The van der Waals surface area contributed by atoms with E-state index in [0.29, 0.717) is 10.0 Å². The van der Waals surface area contributed by atoms with Crippen LogP contribution >= 0.6 is 15.9 Å². The Labute approximate surface area is 143 Å². The van der Waals surface area contributed by atoms with Crippen molar-refractivity contribution in [3.63, 3.8) is 0 Å². The van der Waals surface area contributed by atoms with Gasteiger partial charge in [-0.25, -0.2) is 10.2 Å². The van der Waals surface area contributed by atoms with E-state index in [1.54, 1.807) is 26.0 Å². The molecule has 4 N–H and O–H groups in total. The van der Waals surface area contributed by atoms with Crippen LogP contribution in [0.3, 0.4) is 0 Å². The molecule has 0 spiro atoms. The number of nitrogens with zero attached hydrogens (tertiary/aromatic N) is 1. The van der Waals surface area contributed by atoms with Gasteiger partial charge in [-0.2, -0.15) is 0 Å². The van der Waals surface area contributed by atoms with Gasteiger partial charge in [-0.15, -0.1) is 0 Å². The quantitative estimate of drug-likeness (QED) is 0.304. The van der Waals surface area contributed by atoms with Gasteiger partial charge in [-0.1, -0.05) is 28.1 Å². The second-order valence-corrected chi connectivity index (χ2v) is 5.85. The van der Waals surface area contributed by atoms with E-state index >= 15 is 0 Å². The van der Waals surface area contributed by atoms with Gasteiger partial charge < -0.3 is 15.4 Å². The predicted octanol–water partition coefficient (Wildman–Crippen LogP) is 2.85. The largest absolute Gasteiger partial charge is 0.396 e. The topological polar surface area (TPSA) is 78.6 Å². The van der Waals surface area contributed by atoms with Crippen molar-refractivity contribution >= 4 is 27.5 Å². The molecule has 0 heterocycles. The van der Waals surface area contributed by atoms with Crippen LogP contribution in [0.25, 0.3) is 0 Å². The number of aryl methyl sites for hydroxylation is 1. The van der Waals surface area contributed by atoms with Crippen LogP contribution in [0.5, 0.6) is 0 Å². The molecule has 0 aliphatic rings. The molecule has 1 aromatic rings. The van der Waals surface area contributed by atoms with Crippen LogP contribution in [-0.2, 0) is 4.79 Å². The molecule has 0 atom stereocenters. The molecule has 0 aliphatic heterocycles. The van der Waals surface area contributed by atoms with E-state index in [0.717, 1.165) is 10.6 Å². The average Bonchev–Trinajstić information content (AvgIpc) is 2.45. The number of hydrazine groups is 1. The lowest BCUT2D eigenvalue weighted by atomic mass is 10.1. The Kier molecular flexibility index (Phi) is 7.41. The number of halogens is 2. The number of amides is 1. The van der Waals surface area contributed by atoms with Gasteiger partial charge in [0.1, 0.15) is 11.5 Å². The van der Waals surface area contributed by atoms with E-state index < -0.39 is 11.7 Å². The molecule has 0 radical (unpaired) electrons. The van der Waals surface area contributed by atoms with Crippen LogP contribution in [0, 0.1) is 12.7 Å². The minimum absolute atomic E-state index is 0.0684. The Morgan fingerprint density at radius 3 is 2.70 bits per heavy atom. The van der Waals surface area contributed by atoms with E-state index in [2.05, 4.69) is 21.2 Å². The summed E-state index contributed by atoms with van der Waals surface area (Å²) in [5.74, 6) is 4.65. The third kappa shape index (κ3) is 5.16. The minimum Gasteiger partial charge on any atom is -0.396 e. The van der Waals surface area contributed by atoms with Crippen molar-refractivity contribution < 1.29 is 14.3 Å². The fourth-order valence-electron chi connectivity index (χ4n) is 2.07. The summed E-state index contributed by atoms with van der Waals surface area (Å²) in [6, 6.07) is 2.83. The highest BCUT2D eigenvalue weighted by molar-refractivity contribution is 9.10. The molecule has 0 aliphatic carbocycles. The second kappa shape index (κ2) is 8.81. The van der Waals surface area contributed by atoms with Crippen LogP contribution in [0.4, 0.5) is 10.1 Å². The first-order valence-corrected chi connectivity index (χ1v) is 7.83. The summed E-state index contributed by atoms with van der Waals surface area (Å²) < 4.78 is 14.6. The highest BCUT2D eigenvalue weighted by Crippen LogP contribution is 2.25. The van der Waals surface area contributed by atoms with Gasteiger partial charge >= 0.3 is 0 Å². The summed E-state index contributed by atoms with van der Waals surface area (Å²) >= 11 is 3.24. The fraction of sp³-hybridized carbons (Fsp3) is 0.312. The van der Waals surface area contributed by atoms with Crippen molar-refractivity contribution in [1.82, 2.24) is 5.01 Å². The molecule has 23 heavy (non-hydrogen) atoms. The van der Waals surface area contributed by atoms with Crippen molar-refractivity contribution in [2.24, 2.45) is 5.84 Å². The number of nitrogens with one attached hydrogen (secondary N) is 1. The first-order valence-electron chi connectivity index (χ1n) is 7.03. The number of likely N-dealkylation sites (N-methyl/N-ethyl adjacent to an activating group) is 1. The maximum Gasteiger partial charge on any atom is 0.273 e. The first-order chi connectivity index (χ1) is 10.8. The molecule has 7 heteroatoms. The normalized spacial score (nSPS) is 12.3. The SMILES string of the molecule is C/C=C/C(CCO)=C(/C(=O)Nc1cc(C)c(Br)cc1F)N(C)N. The van der Waals surface area contributed by atoms with Gasteiger partial charge in [0.25, 0.3) is 5.91 Å². The first kappa shape index (κ1) is 19.3. The van der Waals surface area contributed by atoms with Crippen LogP contribution < -0.4 is 11.2 Å². The lowest BCUT2D eigenvalue weighted by molar-refractivity contribution is -0.114. The lowest BCUT2D eigenvalue weighted by Gasteiger charge is -2.20. The number of allylic oxidation sites excluding steroid dienone is 2. The van der Waals surface area contributed by atoms with Gasteiger partial charge in [0.15, 0.2) is 0 Å². The standard InChI is InChI=1S/C16H21BrFN3O2/c1-4-5-11(6-7-22)15(21(3)19)16(23)20-14-8-10(2)12(17)9-13(14)18/h4-5,8-9,22H,6-7,19H2,1-3H3,(H,20,23)/b5-4+,15-11+. The third-order valence-electron chi connectivity index (χ3n) is 3.12. The number of nitrogens with two attached hydrogens (primary N) is 1.